The Morgan fingerprint density at radius 1 is 1.12 bits per heavy atom. The molecule has 0 aromatic heterocycles. The van der Waals surface area contributed by atoms with E-state index in [4.69, 9.17) is 4.99 Å². The molecule has 6 heteroatoms. The molecule has 2 saturated heterocycles. The normalized spacial score (nSPS) is 24.4. The second-order valence-electron chi connectivity index (χ2n) is 8.06. The maximum atomic E-state index is 4.98. The second kappa shape index (κ2) is 10.0. The number of piperazine rings is 1. The van der Waals surface area contributed by atoms with Crippen LogP contribution in [0.2, 0.25) is 0 Å². The summed E-state index contributed by atoms with van der Waals surface area (Å²) in [6.07, 6.45) is 0. The van der Waals surface area contributed by atoms with Crippen molar-refractivity contribution in [2.75, 3.05) is 71.2 Å². The lowest BCUT2D eigenvalue weighted by molar-refractivity contribution is 0.125. The summed E-state index contributed by atoms with van der Waals surface area (Å²) >= 11 is 2.07. The maximum absolute atomic E-state index is 4.98. The van der Waals surface area contributed by atoms with Crippen LogP contribution in [0.3, 0.4) is 0 Å². The molecule has 1 atom stereocenters. The average molecular weight is 370 g/mol. The zero-order chi connectivity index (χ0) is 18.3. The van der Waals surface area contributed by atoms with Crippen LogP contribution in [0, 0.1) is 5.92 Å². The van der Waals surface area contributed by atoms with Crippen molar-refractivity contribution in [3.63, 3.8) is 0 Å². The van der Waals surface area contributed by atoms with Gasteiger partial charge < -0.3 is 20.0 Å². The van der Waals surface area contributed by atoms with Crippen LogP contribution in [-0.4, -0.2) is 96.6 Å². The topological polar surface area (TPSA) is 34.1 Å². The van der Waals surface area contributed by atoms with Gasteiger partial charge in [0.1, 0.15) is 0 Å². The number of rotatable bonds is 6. The molecule has 0 aromatic rings. The van der Waals surface area contributed by atoms with E-state index in [1.54, 1.807) is 0 Å². The lowest BCUT2D eigenvalue weighted by Gasteiger charge is -2.39. The molecule has 2 heterocycles. The number of likely N-dealkylation sites (N-methyl/N-ethyl adjacent to an activating group) is 1. The third-order valence-corrected chi connectivity index (χ3v) is 6.39. The van der Waals surface area contributed by atoms with E-state index in [1.165, 1.54) is 45.0 Å². The highest BCUT2D eigenvalue weighted by Crippen LogP contribution is 2.29. The van der Waals surface area contributed by atoms with E-state index in [0.29, 0.717) is 10.7 Å². The zero-order valence-corrected chi connectivity index (χ0v) is 17.9. The highest BCUT2D eigenvalue weighted by atomic mass is 32.2. The summed E-state index contributed by atoms with van der Waals surface area (Å²) in [5, 5.41) is 3.51. The number of guanidine groups is 1. The Kier molecular flexibility index (Phi) is 8.36. The molecule has 0 aliphatic carbocycles. The predicted molar refractivity (Wildman–Crippen MR) is 112 cm³/mol. The Morgan fingerprint density at radius 2 is 1.80 bits per heavy atom. The number of nitrogens with zero attached hydrogens (tertiary/aromatic N) is 4. The molecule has 0 radical (unpaired) electrons. The minimum atomic E-state index is 0.318. The number of hydrogen-bond acceptors (Lipinski definition) is 4. The van der Waals surface area contributed by atoms with E-state index in [9.17, 15) is 0 Å². The van der Waals surface area contributed by atoms with Crippen LogP contribution < -0.4 is 5.32 Å². The van der Waals surface area contributed by atoms with Crippen LogP contribution in [0.25, 0.3) is 0 Å². The number of hydrogen-bond donors (Lipinski definition) is 1. The Balaban J connectivity index is 1.83. The van der Waals surface area contributed by atoms with Crippen LogP contribution in [-0.2, 0) is 0 Å². The van der Waals surface area contributed by atoms with Gasteiger partial charge in [-0.3, -0.25) is 4.99 Å². The van der Waals surface area contributed by atoms with Crippen molar-refractivity contribution in [2.45, 2.75) is 39.4 Å². The molecule has 2 aliphatic heterocycles. The molecular weight excluding hydrogens is 330 g/mol. The lowest BCUT2D eigenvalue weighted by atomic mass is 10.1. The molecule has 0 saturated carbocycles. The third-order valence-electron chi connectivity index (χ3n) is 5.09. The summed E-state index contributed by atoms with van der Waals surface area (Å²) < 4.78 is 0.318. The van der Waals surface area contributed by atoms with Gasteiger partial charge in [-0.15, -0.1) is 0 Å². The Hall–Kier alpha value is -0.460. The van der Waals surface area contributed by atoms with E-state index in [2.05, 4.69) is 66.4 Å². The molecule has 5 nitrogen and oxygen atoms in total. The van der Waals surface area contributed by atoms with E-state index in [0.717, 1.165) is 32.1 Å². The van der Waals surface area contributed by atoms with E-state index >= 15 is 0 Å². The quantitative estimate of drug-likeness (QED) is 0.573. The van der Waals surface area contributed by atoms with Crippen molar-refractivity contribution in [3.05, 3.63) is 0 Å². The molecule has 1 unspecified atom stereocenters. The number of thioether (sulfide) groups is 1. The van der Waals surface area contributed by atoms with Gasteiger partial charge in [-0.05, 0) is 33.2 Å². The van der Waals surface area contributed by atoms with Gasteiger partial charge in [-0.25, -0.2) is 0 Å². The zero-order valence-electron chi connectivity index (χ0n) is 17.1. The average Bonchev–Trinajstić information content (AvgIpc) is 2.58. The lowest BCUT2D eigenvalue weighted by Crippen LogP contribution is -2.51. The summed E-state index contributed by atoms with van der Waals surface area (Å²) in [6.45, 7) is 22.7. The van der Waals surface area contributed by atoms with Gasteiger partial charge in [-0.1, -0.05) is 13.8 Å². The molecule has 2 rings (SSSR count). The summed E-state index contributed by atoms with van der Waals surface area (Å²) in [5.74, 6) is 2.90. The summed E-state index contributed by atoms with van der Waals surface area (Å²) in [4.78, 5) is 12.6. The van der Waals surface area contributed by atoms with Crippen molar-refractivity contribution < 1.29 is 0 Å². The standard InChI is InChI=1S/C19H39N5S/c1-6-20-18(24-12-13-25-19(4,5)16-24)21-14-17(3)15-23-10-8-22(7-2)9-11-23/h17H,6-16H2,1-5H3,(H,20,21). The van der Waals surface area contributed by atoms with Crippen molar-refractivity contribution >= 4 is 17.7 Å². The van der Waals surface area contributed by atoms with Gasteiger partial charge >= 0.3 is 0 Å². The van der Waals surface area contributed by atoms with Gasteiger partial charge in [0.2, 0.25) is 0 Å². The van der Waals surface area contributed by atoms with E-state index < -0.39 is 0 Å². The third kappa shape index (κ3) is 6.99. The molecule has 0 spiro atoms. The molecular formula is C19H39N5S. The molecule has 2 fully saturated rings. The Bertz CT molecular complexity index is 418. The molecule has 25 heavy (non-hydrogen) atoms. The Labute approximate surface area is 159 Å². The van der Waals surface area contributed by atoms with Crippen molar-refractivity contribution in [1.29, 1.82) is 0 Å². The monoisotopic (exact) mass is 369 g/mol. The first-order chi connectivity index (χ1) is 11.9. The van der Waals surface area contributed by atoms with Gasteiger partial charge in [0.05, 0.1) is 0 Å². The first-order valence-corrected chi connectivity index (χ1v) is 11.0. The van der Waals surface area contributed by atoms with Crippen LogP contribution in [0.5, 0.6) is 0 Å². The van der Waals surface area contributed by atoms with Crippen molar-refractivity contribution in [1.82, 2.24) is 20.0 Å². The second-order valence-corrected chi connectivity index (χ2v) is 9.87. The van der Waals surface area contributed by atoms with E-state index in [-0.39, 0.29) is 0 Å². The fourth-order valence-electron chi connectivity index (χ4n) is 3.65. The van der Waals surface area contributed by atoms with E-state index in [1.807, 2.05) is 0 Å². The highest BCUT2D eigenvalue weighted by molar-refractivity contribution is 8.00. The molecule has 1 N–H and O–H groups in total. The summed E-state index contributed by atoms with van der Waals surface area (Å²) in [5.41, 5.74) is 0. The van der Waals surface area contributed by atoms with Gasteiger partial charge in [-0.2, -0.15) is 11.8 Å². The smallest absolute Gasteiger partial charge is 0.193 e. The summed E-state index contributed by atoms with van der Waals surface area (Å²) in [6, 6.07) is 0. The predicted octanol–water partition coefficient (Wildman–Crippen LogP) is 2.05. The van der Waals surface area contributed by atoms with Crippen LogP contribution in [0.15, 0.2) is 4.99 Å². The van der Waals surface area contributed by atoms with Crippen LogP contribution in [0.4, 0.5) is 0 Å². The largest absolute Gasteiger partial charge is 0.357 e. The van der Waals surface area contributed by atoms with Gasteiger partial charge in [0.15, 0.2) is 5.96 Å². The number of nitrogens with one attached hydrogen (secondary N) is 1. The van der Waals surface area contributed by atoms with Gasteiger partial charge in [0, 0.05) is 69.4 Å². The van der Waals surface area contributed by atoms with Gasteiger partial charge in [0.25, 0.3) is 0 Å². The fraction of sp³-hybridized carbons (Fsp3) is 0.947. The molecule has 2 aliphatic rings. The van der Waals surface area contributed by atoms with Crippen LogP contribution >= 0.6 is 11.8 Å². The Morgan fingerprint density at radius 3 is 2.40 bits per heavy atom. The molecule has 0 aromatic carbocycles. The highest BCUT2D eigenvalue weighted by Gasteiger charge is 2.28. The first kappa shape index (κ1) is 20.8. The summed E-state index contributed by atoms with van der Waals surface area (Å²) in [7, 11) is 0. The SMILES string of the molecule is CCNC(=NCC(C)CN1CCN(CC)CC1)N1CCSC(C)(C)C1. The van der Waals surface area contributed by atoms with Crippen molar-refractivity contribution in [3.8, 4) is 0 Å². The van der Waals surface area contributed by atoms with Crippen molar-refractivity contribution in [2.24, 2.45) is 10.9 Å². The number of aliphatic imine (C=N–C) groups is 1. The molecule has 0 amide bonds. The first-order valence-electron chi connectivity index (χ1n) is 10.1. The fourth-order valence-corrected chi connectivity index (χ4v) is 4.76. The maximum Gasteiger partial charge on any atom is 0.193 e. The minimum absolute atomic E-state index is 0.318. The molecule has 0 bridgehead atoms. The van der Waals surface area contributed by atoms with Crippen LogP contribution in [0.1, 0.15) is 34.6 Å². The molecule has 146 valence electrons. The minimum Gasteiger partial charge on any atom is -0.357 e.